The van der Waals surface area contributed by atoms with E-state index in [-0.39, 0.29) is 9.49 Å². The van der Waals surface area contributed by atoms with E-state index in [1.807, 2.05) is 0 Å². The maximum atomic E-state index is 4.47. The quantitative estimate of drug-likeness (QED) is 0.693. The molecule has 1 aromatic heterocycles. The molecule has 4 heteroatoms. The Bertz CT molecular complexity index is 555. The van der Waals surface area contributed by atoms with Crippen molar-refractivity contribution in [1.82, 2.24) is 10.2 Å². The molecule has 0 saturated heterocycles. The van der Waals surface area contributed by atoms with Crippen molar-refractivity contribution in [2.45, 2.75) is 61.1 Å². The van der Waals surface area contributed by atoms with Crippen LogP contribution in [0, 0.1) is 0 Å². The van der Waals surface area contributed by atoms with Crippen molar-refractivity contribution < 1.29 is 0 Å². The first kappa shape index (κ1) is 15.6. The van der Waals surface area contributed by atoms with E-state index < -0.39 is 0 Å². The Labute approximate surface area is 130 Å². The number of hydrogen-bond acceptors (Lipinski definition) is 4. The summed E-state index contributed by atoms with van der Waals surface area (Å²) in [5.74, 6) is 0. The minimum atomic E-state index is 0.135. The Kier molecular flexibility index (Phi) is 4.35. The fraction of sp³-hybridized carbons (Fsp3) is 0.500. The second-order valence-electron chi connectivity index (χ2n) is 6.78. The average molecular weight is 306 g/mol. The Morgan fingerprint density at radius 2 is 1.05 bits per heavy atom. The zero-order valence-corrected chi connectivity index (χ0v) is 14.7. The number of benzene rings is 1. The van der Waals surface area contributed by atoms with Crippen molar-refractivity contribution in [2.24, 2.45) is 0 Å². The number of hydrogen-bond donors (Lipinski definition) is 0. The lowest BCUT2D eigenvalue weighted by atomic mass is 10.2. The van der Waals surface area contributed by atoms with Crippen LogP contribution in [0.4, 0.5) is 0 Å². The minimum Gasteiger partial charge on any atom is -0.142 e. The summed E-state index contributed by atoms with van der Waals surface area (Å²) in [6.45, 7) is 13.2. The molecule has 2 aromatic rings. The second kappa shape index (κ2) is 5.57. The standard InChI is InChI=1S/C16H22N2S2/c1-15(2,3)19-13-11-9-7-8-10-12(11)14(18-17-13)20-16(4,5)6/h7-10H,1-6H3. The third-order valence-corrected chi connectivity index (χ3v) is 4.64. The molecule has 1 aromatic carbocycles. The Morgan fingerprint density at radius 3 is 1.35 bits per heavy atom. The molecular weight excluding hydrogens is 284 g/mol. The highest BCUT2D eigenvalue weighted by molar-refractivity contribution is 8.01. The largest absolute Gasteiger partial charge is 0.142 e. The average Bonchev–Trinajstić information content (AvgIpc) is 2.29. The highest BCUT2D eigenvalue weighted by Gasteiger charge is 2.20. The van der Waals surface area contributed by atoms with Crippen LogP contribution >= 0.6 is 23.5 Å². The molecule has 0 bridgehead atoms. The summed E-state index contributed by atoms with van der Waals surface area (Å²) >= 11 is 3.55. The predicted molar refractivity (Wildman–Crippen MR) is 90.8 cm³/mol. The van der Waals surface area contributed by atoms with Crippen LogP contribution in [0.5, 0.6) is 0 Å². The number of thioether (sulfide) groups is 2. The summed E-state index contributed by atoms with van der Waals surface area (Å²) in [5, 5.41) is 13.4. The van der Waals surface area contributed by atoms with Crippen molar-refractivity contribution in [3.63, 3.8) is 0 Å². The number of aromatic nitrogens is 2. The van der Waals surface area contributed by atoms with E-state index in [1.165, 1.54) is 10.8 Å². The first-order chi connectivity index (χ1) is 9.16. The van der Waals surface area contributed by atoms with E-state index in [9.17, 15) is 0 Å². The molecule has 0 amide bonds. The monoisotopic (exact) mass is 306 g/mol. The first-order valence-electron chi connectivity index (χ1n) is 6.79. The van der Waals surface area contributed by atoms with Gasteiger partial charge in [0, 0.05) is 20.3 Å². The van der Waals surface area contributed by atoms with E-state index in [0.29, 0.717) is 0 Å². The molecule has 20 heavy (non-hydrogen) atoms. The number of fused-ring (bicyclic) bond motifs is 1. The van der Waals surface area contributed by atoms with Crippen LogP contribution < -0.4 is 0 Å². The van der Waals surface area contributed by atoms with Gasteiger partial charge in [0.05, 0.1) is 0 Å². The van der Waals surface area contributed by atoms with Gasteiger partial charge in [-0.15, -0.1) is 10.2 Å². The molecule has 2 rings (SSSR count). The fourth-order valence-corrected chi connectivity index (χ4v) is 3.68. The van der Waals surface area contributed by atoms with Crippen LogP contribution in [0.1, 0.15) is 41.5 Å². The highest BCUT2D eigenvalue weighted by atomic mass is 32.2. The molecule has 2 nitrogen and oxygen atoms in total. The van der Waals surface area contributed by atoms with Gasteiger partial charge in [0.25, 0.3) is 0 Å². The summed E-state index contributed by atoms with van der Waals surface area (Å²) in [6.07, 6.45) is 0. The van der Waals surface area contributed by atoms with Gasteiger partial charge >= 0.3 is 0 Å². The van der Waals surface area contributed by atoms with E-state index in [2.05, 4.69) is 76.0 Å². The van der Waals surface area contributed by atoms with Crippen molar-refractivity contribution in [3.8, 4) is 0 Å². The lowest BCUT2D eigenvalue weighted by Gasteiger charge is -2.20. The van der Waals surface area contributed by atoms with Crippen LogP contribution in [0.2, 0.25) is 0 Å². The maximum Gasteiger partial charge on any atom is 0.127 e. The maximum absolute atomic E-state index is 4.47. The van der Waals surface area contributed by atoms with E-state index in [1.54, 1.807) is 23.5 Å². The lowest BCUT2D eigenvalue weighted by molar-refractivity contribution is 0.783. The zero-order chi connectivity index (χ0) is 15.0. The van der Waals surface area contributed by atoms with Gasteiger partial charge in [0.15, 0.2) is 0 Å². The molecule has 108 valence electrons. The van der Waals surface area contributed by atoms with Crippen LogP contribution in [-0.2, 0) is 0 Å². The fourth-order valence-electron chi connectivity index (χ4n) is 1.79. The molecular formula is C16H22N2S2. The van der Waals surface area contributed by atoms with Crippen molar-refractivity contribution in [2.75, 3.05) is 0 Å². The van der Waals surface area contributed by atoms with E-state index in [4.69, 9.17) is 0 Å². The molecule has 0 spiro atoms. The first-order valence-corrected chi connectivity index (χ1v) is 8.42. The summed E-state index contributed by atoms with van der Waals surface area (Å²) < 4.78 is 0.270. The van der Waals surface area contributed by atoms with Gasteiger partial charge in [-0.2, -0.15) is 0 Å². The second-order valence-corrected chi connectivity index (χ2v) is 10.4. The summed E-state index contributed by atoms with van der Waals surface area (Å²) in [6, 6.07) is 8.43. The summed E-state index contributed by atoms with van der Waals surface area (Å²) in [5.41, 5.74) is 0. The molecule has 0 unspecified atom stereocenters. The van der Waals surface area contributed by atoms with Gasteiger partial charge in [0.2, 0.25) is 0 Å². The summed E-state index contributed by atoms with van der Waals surface area (Å²) in [7, 11) is 0. The Balaban J connectivity index is 2.52. The Morgan fingerprint density at radius 1 is 0.700 bits per heavy atom. The lowest BCUT2D eigenvalue weighted by Crippen LogP contribution is -2.10. The van der Waals surface area contributed by atoms with Gasteiger partial charge in [-0.05, 0) is 0 Å². The molecule has 0 N–H and O–H groups in total. The topological polar surface area (TPSA) is 25.8 Å². The van der Waals surface area contributed by atoms with Gasteiger partial charge in [-0.3, -0.25) is 0 Å². The molecule has 0 aliphatic heterocycles. The van der Waals surface area contributed by atoms with Gasteiger partial charge in [0.1, 0.15) is 10.1 Å². The van der Waals surface area contributed by atoms with Gasteiger partial charge in [-0.1, -0.05) is 89.3 Å². The van der Waals surface area contributed by atoms with E-state index >= 15 is 0 Å². The predicted octanol–water partition coefficient (Wildman–Crippen LogP) is 5.41. The molecule has 0 radical (unpaired) electrons. The van der Waals surface area contributed by atoms with Crippen molar-refractivity contribution in [1.29, 1.82) is 0 Å². The number of rotatable bonds is 2. The summed E-state index contributed by atoms with van der Waals surface area (Å²) in [4.78, 5) is 0. The Hall–Kier alpha value is -0.740. The molecule has 1 heterocycles. The van der Waals surface area contributed by atoms with Crippen molar-refractivity contribution >= 4 is 34.3 Å². The van der Waals surface area contributed by atoms with Gasteiger partial charge in [-0.25, -0.2) is 0 Å². The SMILES string of the molecule is CC(C)(C)Sc1nnc(SC(C)(C)C)c2ccccc12. The van der Waals surface area contributed by atoms with Crippen LogP contribution in [0.25, 0.3) is 10.8 Å². The third kappa shape index (κ3) is 4.13. The van der Waals surface area contributed by atoms with Crippen LogP contribution in [0.3, 0.4) is 0 Å². The van der Waals surface area contributed by atoms with Crippen LogP contribution in [0.15, 0.2) is 34.3 Å². The molecule has 0 aliphatic rings. The van der Waals surface area contributed by atoms with Crippen molar-refractivity contribution in [3.05, 3.63) is 24.3 Å². The van der Waals surface area contributed by atoms with E-state index in [0.717, 1.165) is 10.1 Å². The highest BCUT2D eigenvalue weighted by Crippen LogP contribution is 2.39. The zero-order valence-electron chi connectivity index (χ0n) is 13.0. The molecule has 0 aliphatic carbocycles. The molecule has 0 atom stereocenters. The minimum absolute atomic E-state index is 0.135. The molecule has 0 fully saturated rings. The number of nitrogens with zero attached hydrogens (tertiary/aromatic N) is 2. The van der Waals surface area contributed by atoms with Crippen LogP contribution in [-0.4, -0.2) is 19.7 Å². The van der Waals surface area contributed by atoms with Gasteiger partial charge < -0.3 is 0 Å². The molecule has 0 saturated carbocycles. The normalized spacial score (nSPS) is 12.9. The smallest absolute Gasteiger partial charge is 0.127 e. The third-order valence-electron chi connectivity index (χ3n) is 2.43.